The number of nitrogens with zero attached hydrogens (tertiary/aromatic N) is 7. The molecule has 0 aliphatic heterocycles. The fourth-order valence-corrected chi connectivity index (χ4v) is 1.91. The lowest BCUT2D eigenvalue weighted by Gasteiger charge is -2.04. The lowest BCUT2D eigenvalue weighted by molar-refractivity contribution is 0.759. The van der Waals surface area contributed by atoms with Gasteiger partial charge in [0, 0.05) is 12.4 Å². The van der Waals surface area contributed by atoms with E-state index in [0.29, 0.717) is 16.3 Å². The first-order valence-corrected chi connectivity index (χ1v) is 5.93. The van der Waals surface area contributed by atoms with Crippen molar-refractivity contribution in [2.75, 3.05) is 5.43 Å². The molecular formula is C8H8N10S. The molecule has 0 unspecified atom stereocenters. The van der Waals surface area contributed by atoms with Crippen molar-refractivity contribution in [2.45, 2.75) is 10.3 Å². The molecule has 0 aliphatic rings. The van der Waals surface area contributed by atoms with E-state index in [1.807, 2.05) is 0 Å². The largest absolute Gasteiger partial charge is 0.292 e. The van der Waals surface area contributed by atoms with Gasteiger partial charge in [0.15, 0.2) is 5.16 Å². The molecule has 0 spiro atoms. The average Bonchev–Trinajstić information content (AvgIpc) is 3.11. The van der Waals surface area contributed by atoms with Gasteiger partial charge in [-0.2, -0.15) is 25.1 Å². The summed E-state index contributed by atoms with van der Waals surface area (Å²) in [6.45, 7) is 0. The van der Waals surface area contributed by atoms with Crippen LogP contribution in [-0.4, -0.2) is 39.9 Å². The molecule has 19 heavy (non-hydrogen) atoms. The van der Waals surface area contributed by atoms with E-state index in [2.05, 4.69) is 40.7 Å². The molecule has 0 radical (unpaired) electrons. The predicted octanol–water partition coefficient (Wildman–Crippen LogP) is -0.388. The highest BCUT2D eigenvalue weighted by molar-refractivity contribution is 7.99. The number of nitrogens with two attached hydrogens (primary N) is 1. The molecule has 3 aromatic heterocycles. The van der Waals surface area contributed by atoms with E-state index in [-0.39, 0.29) is 5.95 Å². The number of hydrogen-bond acceptors (Lipinski definition) is 9. The minimum absolute atomic E-state index is 0.238. The molecule has 3 heterocycles. The maximum Gasteiger partial charge on any atom is 0.256 e. The number of hydrazine groups is 1. The summed E-state index contributed by atoms with van der Waals surface area (Å²) in [5, 5.41) is 11.5. The van der Waals surface area contributed by atoms with E-state index >= 15 is 0 Å². The Bertz CT molecular complexity index is 648. The van der Waals surface area contributed by atoms with Gasteiger partial charge < -0.3 is 0 Å². The number of H-pyrrole nitrogens is 1. The van der Waals surface area contributed by atoms with Gasteiger partial charge in [0.2, 0.25) is 11.1 Å². The second kappa shape index (κ2) is 4.99. The van der Waals surface area contributed by atoms with Gasteiger partial charge in [-0.1, -0.05) is 0 Å². The van der Waals surface area contributed by atoms with Crippen molar-refractivity contribution in [3.63, 3.8) is 0 Å². The van der Waals surface area contributed by atoms with Crippen LogP contribution in [0, 0.1) is 0 Å². The smallest absolute Gasteiger partial charge is 0.256 e. The summed E-state index contributed by atoms with van der Waals surface area (Å²) in [6.07, 6.45) is 4.75. The number of nitrogen functional groups attached to an aromatic ring is 1. The molecule has 0 atom stereocenters. The van der Waals surface area contributed by atoms with Crippen molar-refractivity contribution in [3.8, 4) is 5.95 Å². The summed E-state index contributed by atoms with van der Waals surface area (Å²) in [7, 11) is 0. The minimum Gasteiger partial charge on any atom is -0.292 e. The molecule has 0 aromatic carbocycles. The first kappa shape index (κ1) is 11.6. The molecule has 10 nitrogen and oxygen atoms in total. The van der Waals surface area contributed by atoms with E-state index in [4.69, 9.17) is 5.84 Å². The van der Waals surface area contributed by atoms with E-state index in [1.54, 1.807) is 18.5 Å². The van der Waals surface area contributed by atoms with Gasteiger partial charge in [-0.15, -0.1) is 0 Å². The molecule has 0 saturated carbocycles. The zero-order valence-electron chi connectivity index (χ0n) is 9.43. The van der Waals surface area contributed by atoms with E-state index < -0.39 is 0 Å². The molecule has 0 saturated heterocycles. The van der Waals surface area contributed by atoms with Crippen LogP contribution in [0.15, 0.2) is 35.1 Å². The van der Waals surface area contributed by atoms with Crippen LogP contribution >= 0.6 is 11.8 Å². The Morgan fingerprint density at radius 1 is 1.32 bits per heavy atom. The Morgan fingerprint density at radius 2 is 2.26 bits per heavy atom. The fraction of sp³-hybridized carbons (Fsp3) is 0. The highest BCUT2D eigenvalue weighted by Gasteiger charge is 2.10. The number of rotatable bonds is 4. The maximum atomic E-state index is 5.34. The van der Waals surface area contributed by atoms with Crippen molar-refractivity contribution < 1.29 is 0 Å². The third-order valence-electron chi connectivity index (χ3n) is 2.02. The maximum absolute atomic E-state index is 5.34. The number of nitrogens with one attached hydrogen (secondary N) is 2. The van der Waals surface area contributed by atoms with Crippen LogP contribution in [0.5, 0.6) is 0 Å². The summed E-state index contributed by atoms with van der Waals surface area (Å²) in [6, 6.07) is 1.77. The Morgan fingerprint density at radius 3 is 2.95 bits per heavy atom. The predicted molar refractivity (Wildman–Crippen MR) is 65.3 cm³/mol. The van der Waals surface area contributed by atoms with Crippen molar-refractivity contribution in [1.82, 2.24) is 39.9 Å². The van der Waals surface area contributed by atoms with E-state index in [1.165, 1.54) is 22.8 Å². The molecule has 4 N–H and O–H groups in total. The molecule has 0 aliphatic carbocycles. The van der Waals surface area contributed by atoms with Crippen molar-refractivity contribution in [1.29, 1.82) is 0 Å². The number of hydrogen-bond donors (Lipinski definition) is 3. The molecular weight excluding hydrogens is 268 g/mol. The Labute approximate surface area is 110 Å². The molecule has 3 rings (SSSR count). The van der Waals surface area contributed by atoms with Gasteiger partial charge in [-0.05, 0) is 17.8 Å². The van der Waals surface area contributed by atoms with Gasteiger partial charge in [0.1, 0.15) is 6.33 Å². The molecule has 0 bridgehead atoms. The first-order chi connectivity index (χ1) is 9.35. The molecule has 0 fully saturated rings. The fourth-order valence-electron chi connectivity index (χ4n) is 1.28. The third-order valence-corrected chi connectivity index (χ3v) is 2.78. The van der Waals surface area contributed by atoms with E-state index in [0.717, 1.165) is 0 Å². The number of aromatic nitrogens is 8. The monoisotopic (exact) mass is 276 g/mol. The quantitative estimate of drug-likeness (QED) is 0.430. The van der Waals surface area contributed by atoms with Crippen molar-refractivity contribution >= 4 is 17.7 Å². The lowest BCUT2D eigenvalue weighted by Crippen LogP contribution is -2.14. The summed E-state index contributed by atoms with van der Waals surface area (Å²) in [5.41, 5.74) is 2.39. The minimum atomic E-state index is 0.238. The molecule has 11 heteroatoms. The Kier molecular flexibility index (Phi) is 3.04. The summed E-state index contributed by atoms with van der Waals surface area (Å²) >= 11 is 1.21. The Balaban J connectivity index is 1.98. The number of anilines is 1. The highest BCUT2D eigenvalue weighted by Crippen LogP contribution is 2.21. The summed E-state index contributed by atoms with van der Waals surface area (Å²) < 4.78 is 1.51. The van der Waals surface area contributed by atoms with Crippen LogP contribution < -0.4 is 11.3 Å². The topological polar surface area (TPSA) is 136 Å². The zero-order chi connectivity index (χ0) is 13.1. The van der Waals surface area contributed by atoms with Crippen LogP contribution in [-0.2, 0) is 0 Å². The van der Waals surface area contributed by atoms with Gasteiger partial charge >= 0.3 is 0 Å². The van der Waals surface area contributed by atoms with Gasteiger partial charge in [0.25, 0.3) is 5.95 Å². The molecule has 3 aromatic rings. The van der Waals surface area contributed by atoms with Crippen LogP contribution in [0.1, 0.15) is 0 Å². The SMILES string of the molecule is NNc1nc(Sc2ncn[nH]2)nc(-n2cccn2)n1. The Hall–Kier alpha value is -2.53. The second-order valence-electron chi connectivity index (χ2n) is 3.23. The van der Waals surface area contributed by atoms with Gasteiger partial charge in [-0.25, -0.2) is 15.5 Å². The highest BCUT2D eigenvalue weighted by atomic mass is 32.2. The lowest BCUT2D eigenvalue weighted by atomic mass is 10.7. The normalized spacial score (nSPS) is 10.6. The average molecular weight is 276 g/mol. The van der Waals surface area contributed by atoms with Crippen molar-refractivity contribution in [3.05, 3.63) is 24.8 Å². The number of aromatic amines is 1. The molecule has 0 amide bonds. The second-order valence-corrected chi connectivity index (χ2v) is 4.19. The molecule has 96 valence electrons. The zero-order valence-corrected chi connectivity index (χ0v) is 10.2. The van der Waals surface area contributed by atoms with Crippen LogP contribution in [0.2, 0.25) is 0 Å². The van der Waals surface area contributed by atoms with Crippen molar-refractivity contribution in [2.24, 2.45) is 5.84 Å². The third kappa shape index (κ3) is 2.51. The van der Waals surface area contributed by atoms with Gasteiger partial charge in [-0.3, -0.25) is 10.5 Å². The summed E-state index contributed by atoms with van der Waals surface area (Å²) in [4.78, 5) is 16.5. The van der Waals surface area contributed by atoms with Crippen LogP contribution in [0.25, 0.3) is 5.95 Å². The van der Waals surface area contributed by atoms with E-state index in [9.17, 15) is 0 Å². The van der Waals surface area contributed by atoms with Crippen LogP contribution in [0.3, 0.4) is 0 Å². The summed E-state index contributed by atoms with van der Waals surface area (Å²) in [5.74, 6) is 5.93. The van der Waals surface area contributed by atoms with Gasteiger partial charge in [0.05, 0.1) is 0 Å². The first-order valence-electron chi connectivity index (χ1n) is 5.11. The van der Waals surface area contributed by atoms with Crippen LogP contribution in [0.4, 0.5) is 5.95 Å². The standard InChI is InChI=1S/C8H8N10S/c9-16-5-13-6(18-3-1-2-12-18)15-8(14-5)19-7-10-4-11-17-7/h1-4H,9H2,(H,10,11,17)(H,13,14,15,16).